The van der Waals surface area contributed by atoms with E-state index in [4.69, 9.17) is 27.9 Å². The molecule has 2 rings (SSSR count). The van der Waals surface area contributed by atoms with Crippen LogP contribution in [-0.4, -0.2) is 25.0 Å². The van der Waals surface area contributed by atoms with Crippen molar-refractivity contribution in [2.75, 3.05) is 13.2 Å². The predicted molar refractivity (Wildman–Crippen MR) is 112 cm³/mol. The standard InChI is InChI=1S/C21H19Cl2FN2O3/c1-14(26-21(28)13-29-17-7-8-18(23)19(24)12-17)10-11-25-20(27)9-4-15-2-5-16(22)6-3-15/h2-9,12H,1,10-11,13H2,(H,25,27)(H,26,28)/b9-4+. The van der Waals surface area contributed by atoms with Crippen LogP contribution in [0.2, 0.25) is 10.0 Å². The molecule has 2 N–H and O–H groups in total. The van der Waals surface area contributed by atoms with E-state index in [-0.39, 0.29) is 23.3 Å². The lowest BCUT2D eigenvalue weighted by Gasteiger charge is -2.10. The lowest BCUT2D eigenvalue weighted by molar-refractivity contribution is -0.122. The van der Waals surface area contributed by atoms with E-state index in [0.717, 1.165) is 11.6 Å². The molecule has 0 aliphatic rings. The maximum atomic E-state index is 13.3. The highest BCUT2D eigenvalue weighted by Gasteiger charge is 2.07. The second kappa shape index (κ2) is 11.2. The van der Waals surface area contributed by atoms with Gasteiger partial charge in [0, 0.05) is 35.8 Å². The van der Waals surface area contributed by atoms with Gasteiger partial charge in [-0.05, 0) is 35.9 Å². The second-order valence-corrected chi connectivity index (χ2v) is 6.79. The lowest BCUT2D eigenvalue weighted by Crippen LogP contribution is -2.30. The van der Waals surface area contributed by atoms with E-state index in [0.29, 0.717) is 23.7 Å². The number of nitrogens with one attached hydrogen (secondary N) is 2. The summed E-state index contributed by atoms with van der Waals surface area (Å²) < 4.78 is 18.5. The Bertz CT molecular complexity index is 915. The van der Waals surface area contributed by atoms with E-state index in [9.17, 15) is 14.0 Å². The predicted octanol–water partition coefficient (Wildman–Crippen LogP) is 4.36. The summed E-state index contributed by atoms with van der Waals surface area (Å²) in [5.41, 5.74) is 1.27. The first-order valence-electron chi connectivity index (χ1n) is 8.60. The molecule has 0 fully saturated rings. The fourth-order valence-corrected chi connectivity index (χ4v) is 2.40. The fraction of sp³-hybridized carbons (Fsp3) is 0.143. The van der Waals surface area contributed by atoms with Crippen molar-refractivity contribution in [3.63, 3.8) is 0 Å². The van der Waals surface area contributed by atoms with Gasteiger partial charge in [0.25, 0.3) is 5.91 Å². The molecular weight excluding hydrogens is 418 g/mol. The normalized spacial score (nSPS) is 10.6. The highest BCUT2D eigenvalue weighted by atomic mass is 35.5. The quantitative estimate of drug-likeness (QED) is 0.573. The zero-order valence-electron chi connectivity index (χ0n) is 15.4. The van der Waals surface area contributed by atoms with Gasteiger partial charge in [-0.15, -0.1) is 0 Å². The number of hydrogen-bond donors (Lipinski definition) is 2. The summed E-state index contributed by atoms with van der Waals surface area (Å²) >= 11 is 11.4. The van der Waals surface area contributed by atoms with Crippen LogP contribution in [0.5, 0.6) is 5.75 Å². The monoisotopic (exact) mass is 436 g/mol. The van der Waals surface area contributed by atoms with Crippen molar-refractivity contribution in [3.8, 4) is 5.75 Å². The fourth-order valence-electron chi connectivity index (χ4n) is 2.15. The molecule has 152 valence electrons. The number of carbonyl (C=O) groups is 2. The molecular formula is C21H19Cl2FN2O3. The summed E-state index contributed by atoms with van der Waals surface area (Å²) in [7, 11) is 0. The smallest absolute Gasteiger partial charge is 0.262 e. The van der Waals surface area contributed by atoms with Crippen LogP contribution in [0.4, 0.5) is 4.39 Å². The number of halogens is 3. The van der Waals surface area contributed by atoms with Crippen LogP contribution in [0.15, 0.2) is 60.8 Å². The molecule has 2 aromatic rings. The molecule has 0 heterocycles. The third-order valence-corrected chi connectivity index (χ3v) is 4.16. The van der Waals surface area contributed by atoms with Crippen LogP contribution in [0.1, 0.15) is 12.0 Å². The average molecular weight is 437 g/mol. The van der Waals surface area contributed by atoms with Gasteiger partial charge in [-0.2, -0.15) is 0 Å². The SMILES string of the molecule is C=C(CCNC(=O)/C=C/c1ccc(Cl)cc1)NC(=O)COc1ccc(Cl)c(F)c1. The maximum Gasteiger partial charge on any atom is 0.262 e. The van der Waals surface area contributed by atoms with Crippen LogP contribution < -0.4 is 15.4 Å². The summed E-state index contributed by atoms with van der Waals surface area (Å²) in [5.74, 6) is -1.16. The molecule has 0 aliphatic carbocycles. The van der Waals surface area contributed by atoms with Crippen molar-refractivity contribution in [1.29, 1.82) is 0 Å². The molecule has 0 unspecified atom stereocenters. The first-order chi connectivity index (χ1) is 13.8. The van der Waals surface area contributed by atoms with Crippen LogP contribution in [0.3, 0.4) is 0 Å². The second-order valence-electron chi connectivity index (χ2n) is 5.94. The maximum absolute atomic E-state index is 13.3. The molecule has 8 heteroatoms. The van der Waals surface area contributed by atoms with Crippen molar-refractivity contribution in [2.24, 2.45) is 0 Å². The Kier molecular flexibility index (Phi) is 8.70. The molecule has 0 aliphatic heterocycles. The molecule has 2 aromatic carbocycles. The van der Waals surface area contributed by atoms with Crippen LogP contribution in [-0.2, 0) is 9.59 Å². The highest BCUT2D eigenvalue weighted by Crippen LogP contribution is 2.20. The van der Waals surface area contributed by atoms with E-state index in [2.05, 4.69) is 17.2 Å². The van der Waals surface area contributed by atoms with Crippen molar-refractivity contribution in [3.05, 3.63) is 82.2 Å². The highest BCUT2D eigenvalue weighted by molar-refractivity contribution is 6.31. The van der Waals surface area contributed by atoms with Gasteiger partial charge in [0.1, 0.15) is 11.6 Å². The van der Waals surface area contributed by atoms with E-state index < -0.39 is 11.7 Å². The third-order valence-electron chi connectivity index (χ3n) is 3.60. The van der Waals surface area contributed by atoms with E-state index >= 15 is 0 Å². The van der Waals surface area contributed by atoms with E-state index in [1.165, 1.54) is 18.2 Å². The molecule has 0 aromatic heterocycles. The Morgan fingerprint density at radius 3 is 2.55 bits per heavy atom. The minimum absolute atomic E-state index is 0.0276. The Morgan fingerprint density at radius 1 is 1.14 bits per heavy atom. The van der Waals surface area contributed by atoms with Crippen molar-refractivity contribution in [2.45, 2.75) is 6.42 Å². The zero-order chi connectivity index (χ0) is 21.2. The van der Waals surface area contributed by atoms with Gasteiger partial charge in [0.15, 0.2) is 6.61 Å². The summed E-state index contributed by atoms with van der Waals surface area (Å²) in [6.45, 7) is 3.72. The first kappa shape index (κ1) is 22.5. The van der Waals surface area contributed by atoms with E-state index in [1.807, 2.05) is 0 Å². The van der Waals surface area contributed by atoms with Gasteiger partial charge in [-0.3, -0.25) is 9.59 Å². The van der Waals surface area contributed by atoms with Gasteiger partial charge in [0.05, 0.1) is 5.02 Å². The minimum Gasteiger partial charge on any atom is -0.484 e. The first-order valence-corrected chi connectivity index (χ1v) is 9.36. The number of ether oxygens (including phenoxy) is 1. The topological polar surface area (TPSA) is 67.4 Å². The van der Waals surface area contributed by atoms with Gasteiger partial charge < -0.3 is 15.4 Å². The lowest BCUT2D eigenvalue weighted by atomic mass is 10.2. The third kappa shape index (κ3) is 8.37. The van der Waals surface area contributed by atoms with Crippen molar-refractivity contribution < 1.29 is 18.7 Å². The summed E-state index contributed by atoms with van der Waals surface area (Å²) in [6, 6.07) is 11.0. The van der Waals surface area contributed by atoms with Crippen LogP contribution in [0, 0.1) is 5.82 Å². The average Bonchev–Trinajstić information content (AvgIpc) is 2.68. The van der Waals surface area contributed by atoms with Gasteiger partial charge in [0.2, 0.25) is 5.91 Å². The Hall–Kier alpha value is -2.83. The minimum atomic E-state index is -0.630. The number of rotatable bonds is 9. The molecule has 0 radical (unpaired) electrons. The molecule has 0 spiro atoms. The van der Waals surface area contributed by atoms with Crippen LogP contribution in [0.25, 0.3) is 6.08 Å². The van der Waals surface area contributed by atoms with Gasteiger partial charge in [-0.25, -0.2) is 4.39 Å². The summed E-state index contributed by atoms with van der Waals surface area (Å²) in [4.78, 5) is 23.6. The van der Waals surface area contributed by atoms with Gasteiger partial charge >= 0.3 is 0 Å². The van der Waals surface area contributed by atoms with Gasteiger partial charge in [-0.1, -0.05) is 41.9 Å². The molecule has 0 bridgehead atoms. The number of benzene rings is 2. The molecule has 29 heavy (non-hydrogen) atoms. The Labute approximate surface area is 178 Å². The molecule has 5 nitrogen and oxygen atoms in total. The number of hydrogen-bond acceptors (Lipinski definition) is 3. The number of amides is 2. The van der Waals surface area contributed by atoms with Crippen LogP contribution >= 0.6 is 23.2 Å². The number of carbonyl (C=O) groups excluding carboxylic acids is 2. The van der Waals surface area contributed by atoms with Crippen molar-refractivity contribution in [1.82, 2.24) is 10.6 Å². The summed E-state index contributed by atoms with van der Waals surface area (Å²) in [6.07, 6.45) is 3.42. The summed E-state index contributed by atoms with van der Waals surface area (Å²) in [5, 5.41) is 5.84. The zero-order valence-corrected chi connectivity index (χ0v) is 16.9. The molecule has 0 saturated carbocycles. The van der Waals surface area contributed by atoms with Crippen molar-refractivity contribution >= 4 is 41.1 Å². The Balaban J connectivity index is 1.65. The molecule has 0 atom stereocenters. The largest absolute Gasteiger partial charge is 0.484 e. The van der Waals surface area contributed by atoms with E-state index in [1.54, 1.807) is 30.3 Å². The Morgan fingerprint density at radius 2 is 1.86 bits per heavy atom. The molecule has 0 saturated heterocycles. The molecule has 2 amide bonds.